The fraction of sp³-hybridized carbons (Fsp3) is 0.385. The van der Waals surface area contributed by atoms with Crippen molar-refractivity contribution in [3.8, 4) is 11.5 Å². The van der Waals surface area contributed by atoms with Crippen molar-refractivity contribution in [2.24, 2.45) is 0 Å². The number of nitrogens with zero attached hydrogens (tertiary/aromatic N) is 1. The summed E-state index contributed by atoms with van der Waals surface area (Å²) in [6.45, 7) is 4.21. The summed E-state index contributed by atoms with van der Waals surface area (Å²) in [7, 11) is 1.71. The third kappa shape index (κ3) is 5.44. The molecule has 0 saturated carbocycles. The number of methoxy groups -OCH3 is 1. The second-order valence-corrected chi connectivity index (χ2v) is 8.87. The molecule has 1 fully saturated rings. The Labute approximate surface area is 184 Å². The van der Waals surface area contributed by atoms with Gasteiger partial charge in [0.2, 0.25) is 0 Å². The lowest BCUT2D eigenvalue weighted by Crippen LogP contribution is -2.29. The zero-order chi connectivity index (χ0) is 20.6. The lowest BCUT2D eigenvalue weighted by molar-refractivity contribution is 0.214. The monoisotopic (exact) mass is 421 g/mol. The Morgan fingerprint density at radius 1 is 0.833 bits per heavy atom. The maximum Gasteiger partial charge on any atom is 0.119 e. The van der Waals surface area contributed by atoms with Crippen LogP contribution in [0, 0.1) is 0 Å². The molecule has 1 atom stereocenters. The maximum absolute atomic E-state index is 6.06. The van der Waals surface area contributed by atoms with Crippen molar-refractivity contribution in [1.29, 1.82) is 0 Å². The number of likely N-dealkylation sites (tertiary alicyclic amines) is 1. The topological polar surface area (TPSA) is 21.7 Å². The van der Waals surface area contributed by atoms with Crippen molar-refractivity contribution in [2.45, 2.75) is 31.6 Å². The molecule has 3 nitrogen and oxygen atoms in total. The van der Waals surface area contributed by atoms with Gasteiger partial charge in [0.15, 0.2) is 0 Å². The van der Waals surface area contributed by atoms with E-state index in [9.17, 15) is 0 Å². The lowest BCUT2D eigenvalue weighted by Gasteiger charge is -2.20. The smallest absolute Gasteiger partial charge is 0.119 e. The average molecular weight is 422 g/mol. The van der Waals surface area contributed by atoms with Gasteiger partial charge in [0.05, 0.1) is 7.11 Å². The summed E-state index contributed by atoms with van der Waals surface area (Å²) in [6.07, 6.45) is 5.39. The van der Waals surface area contributed by atoms with E-state index in [2.05, 4.69) is 58.8 Å². The van der Waals surface area contributed by atoms with E-state index in [0.29, 0.717) is 0 Å². The van der Waals surface area contributed by atoms with Crippen molar-refractivity contribution < 1.29 is 9.47 Å². The van der Waals surface area contributed by atoms with Crippen LogP contribution in [0.2, 0.25) is 0 Å². The largest absolute Gasteiger partial charge is 0.497 e. The van der Waals surface area contributed by atoms with E-state index in [-0.39, 0.29) is 5.92 Å². The van der Waals surface area contributed by atoms with E-state index < -0.39 is 0 Å². The van der Waals surface area contributed by atoms with Gasteiger partial charge in [-0.3, -0.25) is 4.90 Å². The zero-order valence-electron chi connectivity index (χ0n) is 17.8. The number of benzene rings is 2. The molecule has 1 aliphatic heterocycles. The highest BCUT2D eigenvalue weighted by molar-refractivity contribution is 7.10. The molecule has 2 aromatic carbocycles. The summed E-state index contributed by atoms with van der Waals surface area (Å²) in [5, 5.41) is 2.15. The van der Waals surface area contributed by atoms with Gasteiger partial charge in [0.1, 0.15) is 18.1 Å². The van der Waals surface area contributed by atoms with Crippen molar-refractivity contribution in [1.82, 2.24) is 4.90 Å². The Morgan fingerprint density at radius 3 is 2.03 bits per heavy atom. The van der Waals surface area contributed by atoms with Gasteiger partial charge in [-0.2, -0.15) is 0 Å². The molecule has 0 amide bonds. The first-order chi connectivity index (χ1) is 14.8. The van der Waals surface area contributed by atoms with Crippen LogP contribution in [0.1, 0.15) is 47.6 Å². The van der Waals surface area contributed by atoms with Crippen LogP contribution in [-0.2, 0) is 0 Å². The van der Waals surface area contributed by atoms with E-state index in [1.54, 1.807) is 18.4 Å². The number of ether oxygens (including phenoxy) is 2. The van der Waals surface area contributed by atoms with Crippen molar-refractivity contribution >= 4 is 11.3 Å². The molecule has 0 spiro atoms. The summed E-state index contributed by atoms with van der Waals surface area (Å²) in [5.74, 6) is 2.06. The van der Waals surface area contributed by atoms with E-state index in [4.69, 9.17) is 9.47 Å². The molecule has 1 saturated heterocycles. The Morgan fingerprint density at radius 2 is 1.47 bits per heavy atom. The molecule has 0 bridgehead atoms. The minimum absolute atomic E-state index is 0.224. The molecule has 4 heteroatoms. The van der Waals surface area contributed by atoms with E-state index >= 15 is 0 Å². The van der Waals surface area contributed by atoms with Crippen LogP contribution in [0.25, 0.3) is 0 Å². The highest BCUT2D eigenvalue weighted by atomic mass is 32.1. The Kier molecular flexibility index (Phi) is 7.44. The zero-order valence-corrected chi connectivity index (χ0v) is 18.6. The summed E-state index contributed by atoms with van der Waals surface area (Å²) in [5.41, 5.74) is 2.55. The molecule has 4 rings (SSSR count). The molecule has 0 unspecified atom stereocenters. The molecule has 1 aliphatic rings. The second-order valence-electron chi connectivity index (χ2n) is 7.89. The minimum atomic E-state index is 0.224. The van der Waals surface area contributed by atoms with Gasteiger partial charge < -0.3 is 9.47 Å². The number of hydrogen-bond acceptors (Lipinski definition) is 4. The molecule has 158 valence electrons. The Hall–Kier alpha value is -2.30. The molecule has 30 heavy (non-hydrogen) atoms. The fourth-order valence-corrected chi connectivity index (χ4v) is 5.06. The lowest BCUT2D eigenvalue weighted by atomic mass is 9.90. The summed E-state index contributed by atoms with van der Waals surface area (Å²) in [4.78, 5) is 3.88. The predicted octanol–water partition coefficient (Wildman–Crippen LogP) is 6.19. The normalized spacial score (nSPS) is 16.0. The first-order valence-electron chi connectivity index (χ1n) is 11.0. The summed E-state index contributed by atoms with van der Waals surface area (Å²) >= 11 is 1.80. The van der Waals surface area contributed by atoms with Crippen LogP contribution in [-0.4, -0.2) is 38.3 Å². The van der Waals surface area contributed by atoms with Gasteiger partial charge in [0, 0.05) is 17.3 Å². The molecule has 0 aliphatic carbocycles. The first-order valence-corrected chi connectivity index (χ1v) is 11.8. The maximum atomic E-state index is 6.06. The molecular formula is C26H31NO2S. The van der Waals surface area contributed by atoms with E-state index in [0.717, 1.165) is 24.7 Å². The second kappa shape index (κ2) is 10.6. The number of thiophene rings is 1. The quantitative estimate of drug-likeness (QED) is 0.433. The van der Waals surface area contributed by atoms with Crippen LogP contribution < -0.4 is 9.47 Å². The third-order valence-corrected chi connectivity index (χ3v) is 6.80. The summed E-state index contributed by atoms with van der Waals surface area (Å²) in [6, 6.07) is 21.4. The SMILES string of the molecule is COc1ccc([C@H](c2ccc(OCCN3CCCCCC3)cc2)c2cccs2)cc1. The third-order valence-electron chi connectivity index (χ3n) is 5.87. The summed E-state index contributed by atoms with van der Waals surface area (Å²) < 4.78 is 11.4. The van der Waals surface area contributed by atoms with Gasteiger partial charge >= 0.3 is 0 Å². The minimum Gasteiger partial charge on any atom is -0.497 e. The van der Waals surface area contributed by atoms with Gasteiger partial charge in [-0.05, 0) is 72.8 Å². The molecule has 1 aromatic heterocycles. The van der Waals surface area contributed by atoms with Crippen LogP contribution in [0.15, 0.2) is 66.0 Å². The first kappa shape index (κ1) is 21.0. The fourth-order valence-electron chi connectivity index (χ4n) is 4.18. The number of hydrogen-bond donors (Lipinski definition) is 0. The van der Waals surface area contributed by atoms with Gasteiger partial charge in [-0.1, -0.05) is 43.2 Å². The molecule has 3 aromatic rings. The van der Waals surface area contributed by atoms with E-state index in [1.807, 2.05) is 12.1 Å². The van der Waals surface area contributed by atoms with Crippen LogP contribution in [0.5, 0.6) is 11.5 Å². The standard InChI is InChI=1S/C26H31NO2S/c1-28-23-12-8-21(9-13-23)26(25-7-6-20-30-25)22-10-14-24(15-11-22)29-19-18-27-16-4-2-3-5-17-27/h6-15,20,26H,2-5,16-19H2,1H3/t26-/m1/s1. The van der Waals surface area contributed by atoms with Gasteiger partial charge in [-0.15, -0.1) is 11.3 Å². The molecule has 0 N–H and O–H groups in total. The Bertz CT molecular complexity index is 866. The number of rotatable bonds is 8. The highest BCUT2D eigenvalue weighted by Crippen LogP contribution is 2.36. The van der Waals surface area contributed by atoms with Crippen molar-refractivity contribution in [2.75, 3.05) is 33.4 Å². The predicted molar refractivity (Wildman–Crippen MR) is 125 cm³/mol. The molecular weight excluding hydrogens is 390 g/mol. The Balaban J connectivity index is 1.43. The van der Waals surface area contributed by atoms with E-state index in [1.165, 1.54) is 54.8 Å². The van der Waals surface area contributed by atoms with Crippen LogP contribution in [0.4, 0.5) is 0 Å². The van der Waals surface area contributed by atoms with Crippen molar-refractivity contribution in [3.63, 3.8) is 0 Å². The highest BCUT2D eigenvalue weighted by Gasteiger charge is 2.18. The van der Waals surface area contributed by atoms with Crippen LogP contribution >= 0.6 is 11.3 Å². The van der Waals surface area contributed by atoms with Gasteiger partial charge in [-0.25, -0.2) is 0 Å². The molecule has 0 radical (unpaired) electrons. The molecule has 2 heterocycles. The average Bonchev–Trinajstić information content (AvgIpc) is 3.19. The van der Waals surface area contributed by atoms with Crippen LogP contribution in [0.3, 0.4) is 0 Å². The van der Waals surface area contributed by atoms with Gasteiger partial charge in [0.25, 0.3) is 0 Å². The van der Waals surface area contributed by atoms with Crippen molar-refractivity contribution in [3.05, 3.63) is 82.0 Å².